The first kappa shape index (κ1) is 15.8. The average Bonchev–Trinajstić information content (AvgIpc) is 3.11. The molecule has 1 aromatic carbocycles. The van der Waals surface area contributed by atoms with E-state index in [1.54, 1.807) is 6.07 Å². The molecule has 1 amide bonds. The van der Waals surface area contributed by atoms with Gasteiger partial charge < -0.3 is 10.1 Å². The van der Waals surface area contributed by atoms with E-state index in [4.69, 9.17) is 22.8 Å². The maximum Gasteiger partial charge on any atom is 0.224 e. The largest absolute Gasteiger partial charge is 0.493 e. The number of carbonyl (C=O) groups is 1. The number of ether oxygens (including phenoxy) is 1. The van der Waals surface area contributed by atoms with Crippen LogP contribution in [0.15, 0.2) is 22.4 Å². The molecule has 0 saturated carbocycles. The normalized spacial score (nSPS) is 16.3. The van der Waals surface area contributed by atoms with Crippen LogP contribution in [-0.2, 0) is 17.6 Å². The predicted octanol–water partition coefficient (Wildman–Crippen LogP) is 2.90. The maximum atomic E-state index is 12.1. The van der Waals surface area contributed by atoms with Crippen LogP contribution in [0.1, 0.15) is 30.4 Å². The summed E-state index contributed by atoms with van der Waals surface area (Å²) in [5, 5.41) is 11.6. The molecule has 0 atom stereocenters. The number of halogens is 1. The summed E-state index contributed by atoms with van der Waals surface area (Å²) in [6.45, 7) is 1.17. The first-order valence-electron chi connectivity index (χ1n) is 7.70. The molecule has 0 aliphatic carbocycles. The first-order valence-corrected chi connectivity index (χ1v) is 8.08. The van der Waals surface area contributed by atoms with Crippen molar-refractivity contribution in [1.82, 2.24) is 5.32 Å². The van der Waals surface area contributed by atoms with E-state index in [1.165, 1.54) is 0 Å². The molecule has 5 nitrogen and oxygen atoms in total. The number of hydrogen-bond donors (Lipinski definition) is 1. The van der Waals surface area contributed by atoms with E-state index in [1.807, 2.05) is 6.07 Å². The van der Waals surface area contributed by atoms with Crippen LogP contribution in [0.25, 0.3) is 0 Å². The van der Waals surface area contributed by atoms with Gasteiger partial charge in [0.1, 0.15) is 5.75 Å². The van der Waals surface area contributed by atoms with Crippen LogP contribution in [0, 0.1) is 12.3 Å². The molecule has 0 saturated heterocycles. The summed E-state index contributed by atoms with van der Waals surface area (Å²) < 4.78 is 5.61. The number of fused-ring (bicyclic) bond motifs is 1. The fourth-order valence-electron chi connectivity index (χ4n) is 2.78. The molecule has 120 valence electrons. The molecule has 1 N–H and O–H groups in total. The second-order valence-corrected chi connectivity index (χ2v) is 6.25. The SMILES string of the molecule is C#CCCC1(CCNC(=O)Cc2cc(Cl)cc3c2OCC3)N=N1. The lowest BCUT2D eigenvalue weighted by Crippen LogP contribution is -2.29. The van der Waals surface area contributed by atoms with Crippen molar-refractivity contribution in [1.29, 1.82) is 0 Å². The third-order valence-electron chi connectivity index (χ3n) is 4.08. The second kappa shape index (κ2) is 6.59. The minimum atomic E-state index is -0.361. The number of rotatable bonds is 7. The minimum absolute atomic E-state index is 0.0577. The van der Waals surface area contributed by atoms with Crippen LogP contribution in [0.3, 0.4) is 0 Å². The van der Waals surface area contributed by atoms with E-state index < -0.39 is 0 Å². The van der Waals surface area contributed by atoms with Crippen molar-refractivity contribution in [3.8, 4) is 18.1 Å². The molecule has 0 fully saturated rings. The number of hydrogen-bond acceptors (Lipinski definition) is 4. The summed E-state index contributed by atoms with van der Waals surface area (Å²) in [6, 6.07) is 3.70. The van der Waals surface area contributed by atoms with Gasteiger partial charge in [0.15, 0.2) is 5.66 Å². The topological polar surface area (TPSA) is 63.0 Å². The summed E-state index contributed by atoms with van der Waals surface area (Å²) in [6.07, 6.45) is 8.43. The van der Waals surface area contributed by atoms with E-state index in [0.717, 1.165) is 29.7 Å². The summed E-state index contributed by atoms with van der Waals surface area (Å²) in [5.74, 6) is 3.34. The standard InChI is InChI=1S/C17H18ClN3O2/c1-2-3-5-17(20-21-17)6-7-19-15(22)11-13-10-14(18)9-12-4-8-23-16(12)13/h1,9-10H,3-8,11H2,(H,19,22). The number of benzene rings is 1. The third-order valence-corrected chi connectivity index (χ3v) is 4.29. The zero-order valence-corrected chi connectivity index (χ0v) is 13.5. The fourth-order valence-corrected chi connectivity index (χ4v) is 3.05. The maximum absolute atomic E-state index is 12.1. The lowest BCUT2D eigenvalue weighted by molar-refractivity contribution is -0.120. The van der Waals surface area contributed by atoms with Crippen LogP contribution in [0.4, 0.5) is 0 Å². The Hall–Kier alpha value is -2.06. The van der Waals surface area contributed by atoms with Gasteiger partial charge in [-0.15, -0.1) is 12.3 Å². The van der Waals surface area contributed by atoms with Crippen LogP contribution in [-0.4, -0.2) is 24.7 Å². The van der Waals surface area contributed by atoms with Crippen LogP contribution in [0.2, 0.25) is 5.02 Å². The van der Waals surface area contributed by atoms with Crippen molar-refractivity contribution in [3.63, 3.8) is 0 Å². The van der Waals surface area contributed by atoms with Crippen molar-refractivity contribution in [3.05, 3.63) is 28.3 Å². The number of nitrogens with zero attached hydrogens (tertiary/aromatic N) is 2. The monoisotopic (exact) mass is 331 g/mol. The van der Waals surface area contributed by atoms with Gasteiger partial charge in [-0.25, -0.2) is 0 Å². The zero-order chi connectivity index (χ0) is 16.3. The summed E-state index contributed by atoms with van der Waals surface area (Å²) in [4.78, 5) is 12.1. The Bertz CT molecular complexity index is 688. The lowest BCUT2D eigenvalue weighted by atomic mass is 10.0. The molecule has 2 aliphatic heterocycles. The van der Waals surface area contributed by atoms with Crippen LogP contribution < -0.4 is 10.1 Å². The van der Waals surface area contributed by atoms with Crippen molar-refractivity contribution < 1.29 is 9.53 Å². The Kier molecular flexibility index (Phi) is 4.53. The highest BCUT2D eigenvalue weighted by atomic mass is 35.5. The molecule has 0 radical (unpaired) electrons. The Labute approximate surface area is 140 Å². The van der Waals surface area contributed by atoms with Gasteiger partial charge in [-0.3, -0.25) is 4.79 Å². The van der Waals surface area contributed by atoms with Gasteiger partial charge in [0.2, 0.25) is 5.91 Å². The molecule has 23 heavy (non-hydrogen) atoms. The van der Waals surface area contributed by atoms with Gasteiger partial charge in [0.05, 0.1) is 13.0 Å². The molecule has 1 aromatic rings. The third kappa shape index (κ3) is 3.83. The molecular weight excluding hydrogens is 314 g/mol. The quantitative estimate of drug-likeness (QED) is 0.781. The lowest BCUT2D eigenvalue weighted by Gasteiger charge is -2.11. The highest BCUT2D eigenvalue weighted by molar-refractivity contribution is 6.30. The van der Waals surface area contributed by atoms with Gasteiger partial charge in [0, 0.05) is 42.8 Å². The van der Waals surface area contributed by atoms with E-state index in [-0.39, 0.29) is 18.0 Å². The Balaban J connectivity index is 1.50. The van der Waals surface area contributed by atoms with E-state index >= 15 is 0 Å². The number of nitrogens with one attached hydrogen (secondary N) is 1. The highest BCUT2D eigenvalue weighted by Crippen LogP contribution is 2.36. The van der Waals surface area contributed by atoms with Gasteiger partial charge in [-0.05, 0) is 17.7 Å². The molecule has 2 aliphatic rings. The molecular formula is C17H18ClN3O2. The summed E-state index contributed by atoms with van der Waals surface area (Å²) in [7, 11) is 0. The minimum Gasteiger partial charge on any atom is -0.493 e. The molecule has 0 aromatic heterocycles. The van der Waals surface area contributed by atoms with E-state index in [2.05, 4.69) is 21.5 Å². The van der Waals surface area contributed by atoms with Gasteiger partial charge in [-0.2, -0.15) is 10.2 Å². The second-order valence-electron chi connectivity index (χ2n) is 5.81. The van der Waals surface area contributed by atoms with Gasteiger partial charge in [-0.1, -0.05) is 11.6 Å². The summed E-state index contributed by atoms with van der Waals surface area (Å²) >= 11 is 6.10. The Morgan fingerprint density at radius 1 is 1.43 bits per heavy atom. The number of carbonyl (C=O) groups excluding carboxylic acids is 1. The number of terminal acetylenes is 1. The average molecular weight is 332 g/mol. The van der Waals surface area contributed by atoms with Crippen molar-refractivity contribution >= 4 is 17.5 Å². The zero-order valence-electron chi connectivity index (χ0n) is 12.8. The number of amides is 1. The van der Waals surface area contributed by atoms with Crippen LogP contribution in [0.5, 0.6) is 5.75 Å². The van der Waals surface area contributed by atoms with Crippen molar-refractivity contribution in [2.45, 2.75) is 37.8 Å². The fraction of sp³-hybridized carbons (Fsp3) is 0.471. The van der Waals surface area contributed by atoms with Gasteiger partial charge in [0.25, 0.3) is 0 Å². The smallest absolute Gasteiger partial charge is 0.224 e. The molecule has 0 bridgehead atoms. The van der Waals surface area contributed by atoms with Gasteiger partial charge >= 0.3 is 0 Å². The predicted molar refractivity (Wildman–Crippen MR) is 87.6 cm³/mol. The molecule has 6 heteroatoms. The molecule has 0 spiro atoms. The molecule has 3 rings (SSSR count). The van der Waals surface area contributed by atoms with E-state index in [9.17, 15) is 4.79 Å². The Morgan fingerprint density at radius 2 is 2.26 bits per heavy atom. The van der Waals surface area contributed by atoms with Crippen molar-refractivity contribution in [2.75, 3.05) is 13.2 Å². The van der Waals surface area contributed by atoms with Crippen molar-refractivity contribution in [2.24, 2.45) is 10.2 Å². The molecule has 2 heterocycles. The highest BCUT2D eigenvalue weighted by Gasteiger charge is 2.38. The first-order chi connectivity index (χ1) is 11.1. The van der Waals surface area contributed by atoms with Crippen LogP contribution >= 0.6 is 11.6 Å². The Morgan fingerprint density at radius 3 is 3.00 bits per heavy atom. The van der Waals surface area contributed by atoms with E-state index in [0.29, 0.717) is 31.0 Å². The molecule has 0 unspecified atom stereocenters. The summed E-state index contributed by atoms with van der Waals surface area (Å²) in [5.41, 5.74) is 1.55.